The van der Waals surface area contributed by atoms with Crippen LogP contribution < -0.4 is 4.74 Å². The Hall–Kier alpha value is -2.90. The molecule has 2 amide bonds. The molecule has 0 unspecified atom stereocenters. The van der Waals surface area contributed by atoms with Gasteiger partial charge in [0.15, 0.2) is 0 Å². The minimum Gasteiger partial charge on any atom is -0.478 e. The largest absolute Gasteiger partial charge is 0.478 e. The van der Waals surface area contributed by atoms with E-state index in [0.29, 0.717) is 49.9 Å². The van der Waals surface area contributed by atoms with E-state index in [4.69, 9.17) is 9.26 Å². The summed E-state index contributed by atoms with van der Waals surface area (Å²) in [5.74, 6) is 1.27. The molecule has 1 aliphatic carbocycles. The van der Waals surface area contributed by atoms with Gasteiger partial charge in [-0.25, -0.2) is 4.98 Å². The Morgan fingerprint density at radius 1 is 1.03 bits per heavy atom. The molecule has 31 heavy (non-hydrogen) atoms. The average Bonchev–Trinajstić information content (AvgIpc) is 3.33. The van der Waals surface area contributed by atoms with Crippen LogP contribution in [0.2, 0.25) is 0 Å². The lowest BCUT2D eigenvalue weighted by Gasteiger charge is -2.34. The minimum absolute atomic E-state index is 0.00241. The summed E-state index contributed by atoms with van der Waals surface area (Å²) in [4.78, 5) is 33.0. The van der Waals surface area contributed by atoms with Gasteiger partial charge in [0, 0.05) is 44.5 Å². The minimum atomic E-state index is -0.0649. The van der Waals surface area contributed by atoms with Gasteiger partial charge in [0.25, 0.3) is 5.91 Å². The van der Waals surface area contributed by atoms with Crippen molar-refractivity contribution in [2.45, 2.75) is 44.9 Å². The first-order valence-corrected chi connectivity index (χ1v) is 11.2. The molecule has 166 valence electrons. The number of amides is 2. The van der Waals surface area contributed by atoms with Gasteiger partial charge in [0.05, 0.1) is 24.3 Å². The zero-order chi connectivity index (χ0) is 21.5. The third-order valence-corrected chi connectivity index (χ3v) is 6.23. The fourth-order valence-corrected chi connectivity index (χ4v) is 4.34. The number of ether oxygens (including phenoxy) is 1. The molecule has 1 saturated carbocycles. The third kappa shape index (κ3) is 5.83. The maximum atomic E-state index is 12.8. The average molecular weight is 427 g/mol. The fraction of sp³-hybridized carbons (Fsp3) is 0.565. The fourth-order valence-electron chi connectivity index (χ4n) is 4.34. The first-order chi connectivity index (χ1) is 15.2. The maximum absolute atomic E-state index is 12.8. The summed E-state index contributed by atoms with van der Waals surface area (Å²) in [5, 5.41) is 3.78. The summed E-state index contributed by atoms with van der Waals surface area (Å²) in [5.41, 5.74) is 1.16. The van der Waals surface area contributed by atoms with E-state index in [9.17, 15) is 9.59 Å². The van der Waals surface area contributed by atoms with Crippen LogP contribution in [0.4, 0.5) is 0 Å². The summed E-state index contributed by atoms with van der Waals surface area (Å²) in [6.07, 6.45) is 11.0. The molecular formula is C23H30N4O4. The molecule has 0 atom stereocenters. The van der Waals surface area contributed by atoms with Crippen LogP contribution in [-0.2, 0) is 11.2 Å². The van der Waals surface area contributed by atoms with E-state index >= 15 is 0 Å². The lowest BCUT2D eigenvalue weighted by atomic mass is 9.87. The molecule has 8 nitrogen and oxygen atoms in total. The number of carbonyl (C=O) groups excluding carboxylic acids is 2. The van der Waals surface area contributed by atoms with Crippen LogP contribution in [0.15, 0.2) is 35.2 Å². The molecule has 2 aliphatic rings. The quantitative estimate of drug-likeness (QED) is 0.676. The van der Waals surface area contributed by atoms with E-state index in [0.717, 1.165) is 12.3 Å². The van der Waals surface area contributed by atoms with Crippen LogP contribution in [0, 0.1) is 5.92 Å². The molecule has 1 aliphatic heterocycles. The molecule has 0 aromatic carbocycles. The molecule has 8 heteroatoms. The highest BCUT2D eigenvalue weighted by Gasteiger charge is 2.25. The summed E-state index contributed by atoms with van der Waals surface area (Å²) < 4.78 is 10.5. The van der Waals surface area contributed by atoms with E-state index in [2.05, 4.69) is 10.1 Å². The van der Waals surface area contributed by atoms with Crippen molar-refractivity contribution in [3.8, 4) is 5.88 Å². The first-order valence-electron chi connectivity index (χ1n) is 11.2. The van der Waals surface area contributed by atoms with Crippen molar-refractivity contribution in [1.29, 1.82) is 0 Å². The summed E-state index contributed by atoms with van der Waals surface area (Å²) in [6.45, 7) is 2.71. The van der Waals surface area contributed by atoms with Crippen molar-refractivity contribution < 1.29 is 18.8 Å². The van der Waals surface area contributed by atoms with Gasteiger partial charge >= 0.3 is 0 Å². The normalized spacial score (nSPS) is 17.5. The molecule has 4 rings (SSSR count). The second-order valence-corrected chi connectivity index (χ2v) is 8.37. The number of hydrogen-bond donors (Lipinski definition) is 0. The lowest BCUT2D eigenvalue weighted by Crippen LogP contribution is -2.51. The summed E-state index contributed by atoms with van der Waals surface area (Å²) >= 11 is 0. The lowest BCUT2D eigenvalue weighted by molar-refractivity contribution is -0.132. The molecule has 2 aromatic rings. The van der Waals surface area contributed by atoms with Gasteiger partial charge in [-0.3, -0.25) is 9.59 Å². The first kappa shape index (κ1) is 21.3. The third-order valence-electron chi connectivity index (χ3n) is 6.23. The maximum Gasteiger partial charge on any atom is 0.255 e. The van der Waals surface area contributed by atoms with E-state index in [1.54, 1.807) is 34.2 Å². The van der Waals surface area contributed by atoms with Crippen molar-refractivity contribution in [3.63, 3.8) is 0 Å². The van der Waals surface area contributed by atoms with E-state index < -0.39 is 0 Å². The topological polar surface area (TPSA) is 88.8 Å². The Labute approximate surface area is 182 Å². The zero-order valence-corrected chi connectivity index (χ0v) is 17.9. The molecular weight excluding hydrogens is 396 g/mol. The number of aromatic nitrogens is 2. The molecule has 0 spiro atoms. The standard InChI is InChI=1S/C23H30N4O4/c28-22(16-20-9-15-31-25-20)26-10-12-27(13-11-26)23(29)19-6-7-21(24-17-19)30-14-8-18-4-2-1-3-5-18/h6-7,9,15,17-18H,1-5,8,10-14,16H2. The SMILES string of the molecule is O=C(Cc1ccon1)N1CCN(C(=O)c2ccc(OCCC3CCCCC3)nc2)CC1. The van der Waals surface area contributed by atoms with E-state index in [-0.39, 0.29) is 18.2 Å². The predicted octanol–water partition coefficient (Wildman–Crippen LogP) is 2.95. The molecule has 2 aromatic heterocycles. The summed E-state index contributed by atoms with van der Waals surface area (Å²) in [7, 11) is 0. The van der Waals surface area contributed by atoms with Crippen molar-refractivity contribution in [2.75, 3.05) is 32.8 Å². The van der Waals surface area contributed by atoms with Crippen LogP contribution in [0.1, 0.15) is 54.6 Å². The van der Waals surface area contributed by atoms with Gasteiger partial charge in [-0.2, -0.15) is 0 Å². The van der Waals surface area contributed by atoms with Crippen molar-refractivity contribution in [1.82, 2.24) is 19.9 Å². The Balaban J connectivity index is 1.21. The number of rotatable bonds is 7. The Bertz CT molecular complexity index is 839. The number of nitrogens with zero attached hydrogens (tertiary/aromatic N) is 4. The highest BCUT2D eigenvalue weighted by molar-refractivity contribution is 5.94. The van der Waals surface area contributed by atoms with Crippen molar-refractivity contribution >= 4 is 11.8 Å². The van der Waals surface area contributed by atoms with Crippen LogP contribution in [0.25, 0.3) is 0 Å². The Morgan fingerprint density at radius 2 is 1.81 bits per heavy atom. The van der Waals surface area contributed by atoms with E-state index in [1.165, 1.54) is 38.4 Å². The summed E-state index contributed by atoms with van der Waals surface area (Å²) in [6, 6.07) is 5.23. The zero-order valence-electron chi connectivity index (χ0n) is 17.9. The smallest absolute Gasteiger partial charge is 0.255 e. The number of pyridine rings is 1. The second-order valence-electron chi connectivity index (χ2n) is 8.37. The van der Waals surface area contributed by atoms with Gasteiger partial charge in [0.1, 0.15) is 6.26 Å². The van der Waals surface area contributed by atoms with Crippen LogP contribution in [0.5, 0.6) is 5.88 Å². The van der Waals surface area contributed by atoms with Crippen molar-refractivity contribution in [3.05, 3.63) is 41.9 Å². The number of carbonyl (C=O) groups is 2. The van der Waals surface area contributed by atoms with Crippen LogP contribution in [-0.4, -0.2) is 64.5 Å². The van der Waals surface area contributed by atoms with Crippen molar-refractivity contribution in [2.24, 2.45) is 5.92 Å². The van der Waals surface area contributed by atoms with Gasteiger partial charge in [-0.05, 0) is 18.4 Å². The van der Waals surface area contributed by atoms with Gasteiger partial charge in [-0.15, -0.1) is 0 Å². The highest BCUT2D eigenvalue weighted by atomic mass is 16.5. The predicted molar refractivity (Wildman–Crippen MR) is 114 cm³/mol. The monoisotopic (exact) mass is 426 g/mol. The molecule has 2 fully saturated rings. The highest BCUT2D eigenvalue weighted by Crippen LogP contribution is 2.26. The second kappa shape index (κ2) is 10.4. The van der Waals surface area contributed by atoms with Gasteiger partial charge in [0.2, 0.25) is 11.8 Å². The molecule has 0 N–H and O–H groups in total. The Morgan fingerprint density at radius 3 is 2.48 bits per heavy atom. The van der Waals surface area contributed by atoms with Gasteiger partial charge in [-0.1, -0.05) is 37.3 Å². The van der Waals surface area contributed by atoms with Crippen LogP contribution in [0.3, 0.4) is 0 Å². The molecule has 1 saturated heterocycles. The molecule has 3 heterocycles. The number of piperazine rings is 1. The van der Waals surface area contributed by atoms with E-state index in [1.807, 2.05) is 0 Å². The molecule has 0 bridgehead atoms. The Kier molecular flexibility index (Phi) is 7.17. The molecule has 0 radical (unpaired) electrons. The number of hydrogen-bond acceptors (Lipinski definition) is 6. The van der Waals surface area contributed by atoms with Crippen LogP contribution >= 0.6 is 0 Å². The van der Waals surface area contributed by atoms with Gasteiger partial charge < -0.3 is 19.1 Å².